The second kappa shape index (κ2) is 5.98. The van der Waals surface area contributed by atoms with Gasteiger partial charge in [0.05, 0.1) is 12.2 Å². The van der Waals surface area contributed by atoms with Crippen LogP contribution in [0, 0.1) is 17.8 Å². The van der Waals surface area contributed by atoms with E-state index in [2.05, 4.69) is 6.92 Å². The highest BCUT2D eigenvalue weighted by Crippen LogP contribution is 2.47. The standard InChI is InChI=1S/C15H24O3/c1-2-3-4-5-11(16)7-6-10-8-12-13(15(10)18)9-14(12)17/h6-7,10-13,15-16,18H,2-5,8-9H2,1H3/t10?,11?,12-,13+,15?/m0/s1. The Kier molecular flexibility index (Phi) is 4.57. The lowest BCUT2D eigenvalue weighted by molar-refractivity contribution is -0.135. The molecule has 0 amide bonds. The van der Waals surface area contributed by atoms with Gasteiger partial charge in [0, 0.05) is 24.2 Å². The lowest BCUT2D eigenvalue weighted by Crippen LogP contribution is -2.38. The van der Waals surface area contributed by atoms with Crippen LogP contribution in [0.3, 0.4) is 0 Å². The van der Waals surface area contributed by atoms with Gasteiger partial charge in [-0.1, -0.05) is 38.3 Å². The molecule has 3 heteroatoms. The first-order valence-electron chi connectivity index (χ1n) is 7.20. The van der Waals surface area contributed by atoms with E-state index in [0.717, 1.165) is 32.1 Å². The van der Waals surface area contributed by atoms with Gasteiger partial charge in [0.2, 0.25) is 0 Å². The van der Waals surface area contributed by atoms with E-state index in [1.807, 2.05) is 6.08 Å². The number of unbranched alkanes of at least 4 members (excludes halogenated alkanes) is 2. The van der Waals surface area contributed by atoms with E-state index in [1.54, 1.807) is 6.08 Å². The number of fused-ring (bicyclic) bond motifs is 1. The first kappa shape index (κ1) is 13.8. The molecule has 18 heavy (non-hydrogen) atoms. The van der Waals surface area contributed by atoms with Gasteiger partial charge < -0.3 is 10.2 Å². The van der Waals surface area contributed by atoms with Gasteiger partial charge in [-0.3, -0.25) is 4.79 Å². The largest absolute Gasteiger partial charge is 0.392 e. The predicted octanol–water partition coefficient (Wildman–Crippen LogP) is 2.07. The molecule has 2 fully saturated rings. The van der Waals surface area contributed by atoms with Crippen LogP contribution in [0.25, 0.3) is 0 Å². The van der Waals surface area contributed by atoms with Crippen molar-refractivity contribution in [1.29, 1.82) is 0 Å². The maximum absolute atomic E-state index is 11.3. The van der Waals surface area contributed by atoms with Gasteiger partial charge in [0.15, 0.2) is 0 Å². The first-order valence-corrected chi connectivity index (χ1v) is 7.20. The molecular weight excluding hydrogens is 228 g/mol. The SMILES string of the molecule is CCCCCC(O)C=CC1C[C@@H]2C(=O)C[C@H]2C1O. The van der Waals surface area contributed by atoms with E-state index in [1.165, 1.54) is 0 Å². The molecule has 0 aliphatic heterocycles. The number of rotatable bonds is 6. The quantitative estimate of drug-likeness (QED) is 0.562. The van der Waals surface area contributed by atoms with Crippen molar-refractivity contribution in [2.45, 2.75) is 57.7 Å². The molecule has 2 aliphatic carbocycles. The van der Waals surface area contributed by atoms with E-state index in [9.17, 15) is 15.0 Å². The number of aliphatic hydroxyl groups is 2. The normalized spacial score (nSPS) is 36.7. The number of aliphatic hydroxyl groups excluding tert-OH is 2. The zero-order valence-electron chi connectivity index (χ0n) is 11.1. The molecule has 0 aromatic carbocycles. The fourth-order valence-electron chi connectivity index (χ4n) is 3.18. The topological polar surface area (TPSA) is 57.5 Å². The highest BCUT2D eigenvalue weighted by molar-refractivity contribution is 5.88. The zero-order valence-corrected chi connectivity index (χ0v) is 11.1. The fraction of sp³-hybridized carbons (Fsp3) is 0.800. The van der Waals surface area contributed by atoms with Crippen LogP contribution in [0.15, 0.2) is 12.2 Å². The molecule has 3 unspecified atom stereocenters. The Balaban J connectivity index is 1.77. The van der Waals surface area contributed by atoms with Crippen LogP contribution < -0.4 is 0 Å². The Hall–Kier alpha value is -0.670. The Morgan fingerprint density at radius 3 is 2.83 bits per heavy atom. The second-order valence-electron chi connectivity index (χ2n) is 5.78. The van der Waals surface area contributed by atoms with Gasteiger partial charge in [-0.05, 0) is 12.8 Å². The summed E-state index contributed by atoms with van der Waals surface area (Å²) in [5.74, 6) is 0.641. The molecule has 2 N–H and O–H groups in total. The third-order valence-electron chi connectivity index (χ3n) is 4.45. The number of hydrogen-bond donors (Lipinski definition) is 2. The lowest BCUT2D eigenvalue weighted by Gasteiger charge is -2.30. The molecule has 0 heterocycles. The zero-order chi connectivity index (χ0) is 13.1. The van der Waals surface area contributed by atoms with Crippen LogP contribution in [0.5, 0.6) is 0 Å². The molecule has 2 rings (SSSR count). The van der Waals surface area contributed by atoms with E-state index in [0.29, 0.717) is 12.2 Å². The Bertz CT molecular complexity index is 324. The summed E-state index contributed by atoms with van der Waals surface area (Å²) in [6.45, 7) is 2.14. The van der Waals surface area contributed by atoms with E-state index < -0.39 is 6.10 Å². The summed E-state index contributed by atoms with van der Waals surface area (Å²) in [7, 11) is 0. The van der Waals surface area contributed by atoms with Gasteiger partial charge in [0.1, 0.15) is 5.78 Å². The fourth-order valence-corrected chi connectivity index (χ4v) is 3.18. The molecule has 0 radical (unpaired) electrons. The summed E-state index contributed by atoms with van der Waals surface area (Å²) in [4.78, 5) is 11.3. The maximum Gasteiger partial charge on any atom is 0.136 e. The van der Waals surface area contributed by atoms with Crippen molar-refractivity contribution in [2.24, 2.45) is 17.8 Å². The number of hydrogen-bond acceptors (Lipinski definition) is 3. The third kappa shape index (κ3) is 2.83. The molecule has 3 nitrogen and oxygen atoms in total. The molecule has 0 spiro atoms. The minimum atomic E-state index is -0.405. The van der Waals surface area contributed by atoms with E-state index in [4.69, 9.17) is 0 Å². The number of ketones is 1. The smallest absolute Gasteiger partial charge is 0.136 e. The summed E-state index contributed by atoms with van der Waals surface area (Å²) in [5, 5.41) is 19.8. The lowest BCUT2D eigenvalue weighted by atomic mass is 9.74. The van der Waals surface area contributed by atoms with Gasteiger partial charge in [0.25, 0.3) is 0 Å². The Labute approximate surface area is 109 Å². The summed E-state index contributed by atoms with van der Waals surface area (Å²) in [6.07, 6.45) is 8.39. The third-order valence-corrected chi connectivity index (χ3v) is 4.45. The highest BCUT2D eigenvalue weighted by atomic mass is 16.3. The Morgan fingerprint density at radius 2 is 2.22 bits per heavy atom. The monoisotopic (exact) mass is 252 g/mol. The minimum absolute atomic E-state index is 0.0623. The minimum Gasteiger partial charge on any atom is -0.392 e. The van der Waals surface area contributed by atoms with Crippen LogP contribution in [0.2, 0.25) is 0 Å². The molecule has 2 saturated carbocycles. The van der Waals surface area contributed by atoms with Gasteiger partial charge in [-0.25, -0.2) is 0 Å². The van der Waals surface area contributed by atoms with Crippen molar-refractivity contribution in [3.05, 3.63) is 12.2 Å². The van der Waals surface area contributed by atoms with Crippen molar-refractivity contribution in [3.63, 3.8) is 0 Å². The van der Waals surface area contributed by atoms with Crippen LogP contribution in [0.4, 0.5) is 0 Å². The van der Waals surface area contributed by atoms with Crippen LogP contribution in [0.1, 0.15) is 45.4 Å². The van der Waals surface area contributed by atoms with Crippen molar-refractivity contribution in [3.8, 4) is 0 Å². The predicted molar refractivity (Wildman–Crippen MR) is 70.0 cm³/mol. The summed E-state index contributed by atoms with van der Waals surface area (Å²) < 4.78 is 0. The van der Waals surface area contributed by atoms with Crippen LogP contribution >= 0.6 is 0 Å². The molecule has 5 atom stereocenters. The molecule has 0 bridgehead atoms. The number of carbonyl (C=O) groups is 1. The average Bonchev–Trinajstić information content (AvgIpc) is 2.59. The number of Topliss-reactive ketones (excluding diaryl/α,β-unsaturated/α-hetero) is 1. The summed E-state index contributed by atoms with van der Waals surface area (Å²) in [5.41, 5.74) is 0. The molecule has 0 aromatic rings. The van der Waals surface area contributed by atoms with Crippen molar-refractivity contribution in [1.82, 2.24) is 0 Å². The maximum atomic E-state index is 11.3. The number of carbonyl (C=O) groups excluding carboxylic acids is 1. The molecular formula is C15H24O3. The van der Waals surface area contributed by atoms with Crippen LogP contribution in [-0.2, 0) is 4.79 Å². The van der Waals surface area contributed by atoms with Gasteiger partial charge >= 0.3 is 0 Å². The molecule has 2 aliphatic rings. The van der Waals surface area contributed by atoms with Crippen LogP contribution in [-0.4, -0.2) is 28.2 Å². The van der Waals surface area contributed by atoms with E-state index >= 15 is 0 Å². The van der Waals surface area contributed by atoms with E-state index in [-0.39, 0.29) is 23.9 Å². The summed E-state index contributed by atoms with van der Waals surface area (Å²) >= 11 is 0. The molecule has 0 saturated heterocycles. The Morgan fingerprint density at radius 1 is 1.44 bits per heavy atom. The molecule has 0 aromatic heterocycles. The summed E-state index contributed by atoms with van der Waals surface area (Å²) in [6, 6.07) is 0. The van der Waals surface area contributed by atoms with Crippen molar-refractivity contribution >= 4 is 5.78 Å². The van der Waals surface area contributed by atoms with Crippen molar-refractivity contribution in [2.75, 3.05) is 0 Å². The second-order valence-corrected chi connectivity index (χ2v) is 5.78. The van der Waals surface area contributed by atoms with Gasteiger partial charge in [-0.2, -0.15) is 0 Å². The highest BCUT2D eigenvalue weighted by Gasteiger charge is 2.51. The van der Waals surface area contributed by atoms with Gasteiger partial charge in [-0.15, -0.1) is 0 Å². The van der Waals surface area contributed by atoms with Crippen molar-refractivity contribution < 1.29 is 15.0 Å². The first-order chi connectivity index (χ1) is 8.63. The average molecular weight is 252 g/mol. The molecule has 102 valence electrons.